The quantitative estimate of drug-likeness (QED) is 0.434. The molecule has 0 bridgehead atoms. The molecule has 2 aromatic rings. The molecule has 0 aromatic carbocycles. The van der Waals surface area contributed by atoms with Crippen molar-refractivity contribution in [2.75, 3.05) is 11.5 Å². The molecule has 0 unspecified atom stereocenters. The summed E-state index contributed by atoms with van der Waals surface area (Å²) in [5.74, 6) is 0.563. The van der Waals surface area contributed by atoms with Crippen LogP contribution < -0.4 is 16.0 Å². The summed E-state index contributed by atoms with van der Waals surface area (Å²) < 4.78 is 1.80. The molecular weight excluding hydrogens is 156 g/mol. The second-order valence-corrected chi connectivity index (χ2v) is 2.55. The smallest absolute Gasteiger partial charge is 0.309 e. The Balaban J connectivity index is 2.92. The van der Waals surface area contributed by atoms with Crippen molar-refractivity contribution in [3.05, 3.63) is 6.33 Å². The molecule has 0 saturated carbocycles. The summed E-state index contributed by atoms with van der Waals surface area (Å²) in [5.41, 5.74) is 12.4. The molecule has 2 heterocycles. The van der Waals surface area contributed by atoms with Gasteiger partial charge >= 0.3 is 5.65 Å². The molecule has 0 radical (unpaired) electrons. The second kappa shape index (κ2) is 2.07. The first-order chi connectivity index (χ1) is 5.68. The van der Waals surface area contributed by atoms with Crippen molar-refractivity contribution in [3.8, 4) is 0 Å². The first kappa shape index (κ1) is 6.84. The van der Waals surface area contributed by atoms with Gasteiger partial charge in [-0.3, -0.25) is 4.98 Å². The SMILES string of the molecule is C[n+]1c[nH]c2c(N)nc(N)nc21. The molecule has 0 aliphatic rings. The van der Waals surface area contributed by atoms with Crippen molar-refractivity contribution in [2.24, 2.45) is 7.05 Å². The van der Waals surface area contributed by atoms with Crippen LogP contribution in [0.5, 0.6) is 0 Å². The fourth-order valence-electron chi connectivity index (χ4n) is 1.10. The van der Waals surface area contributed by atoms with Crippen molar-refractivity contribution in [3.63, 3.8) is 0 Å². The van der Waals surface area contributed by atoms with Gasteiger partial charge in [0.05, 0.1) is 7.05 Å². The van der Waals surface area contributed by atoms with Crippen LogP contribution in [-0.2, 0) is 7.05 Å². The van der Waals surface area contributed by atoms with Gasteiger partial charge in [-0.1, -0.05) is 4.98 Å². The van der Waals surface area contributed by atoms with Crippen LogP contribution >= 0.6 is 0 Å². The van der Waals surface area contributed by atoms with Gasteiger partial charge in [-0.05, 0) is 0 Å². The van der Waals surface area contributed by atoms with E-state index in [0.717, 1.165) is 0 Å². The van der Waals surface area contributed by atoms with Gasteiger partial charge in [-0.2, -0.15) is 4.98 Å². The number of anilines is 2. The number of imidazole rings is 1. The Labute approximate surface area is 68.2 Å². The van der Waals surface area contributed by atoms with Gasteiger partial charge in [-0.15, -0.1) is 0 Å². The van der Waals surface area contributed by atoms with Gasteiger partial charge in [0, 0.05) is 0 Å². The number of H-pyrrole nitrogens is 1. The Morgan fingerprint density at radius 3 is 2.92 bits per heavy atom. The summed E-state index contributed by atoms with van der Waals surface area (Å²) in [6.45, 7) is 0. The fraction of sp³-hybridized carbons (Fsp3) is 0.167. The number of rotatable bonds is 0. The lowest BCUT2D eigenvalue weighted by molar-refractivity contribution is -0.646. The molecule has 62 valence electrons. The van der Waals surface area contributed by atoms with Crippen LogP contribution in [0, 0.1) is 0 Å². The maximum absolute atomic E-state index is 5.59. The molecule has 0 amide bonds. The number of fused-ring (bicyclic) bond motifs is 1. The van der Waals surface area contributed by atoms with Gasteiger partial charge < -0.3 is 11.5 Å². The zero-order chi connectivity index (χ0) is 8.72. The third-order valence-corrected chi connectivity index (χ3v) is 1.67. The standard InChI is InChI=1S/C6H8N6/c1-12-2-9-3-4(7)10-6(8)11-5(3)12/h2H,1H3,(H4,7,8,10,11)/p+1. The van der Waals surface area contributed by atoms with E-state index in [1.54, 1.807) is 10.9 Å². The van der Waals surface area contributed by atoms with Crippen LogP contribution in [0.15, 0.2) is 6.33 Å². The molecule has 12 heavy (non-hydrogen) atoms. The summed E-state index contributed by atoms with van der Waals surface area (Å²) in [6, 6.07) is 0. The minimum Gasteiger partial charge on any atom is -0.380 e. The third-order valence-electron chi connectivity index (χ3n) is 1.67. The lowest BCUT2D eigenvalue weighted by Crippen LogP contribution is -2.26. The van der Waals surface area contributed by atoms with Crippen molar-refractivity contribution < 1.29 is 4.57 Å². The molecule has 2 aromatic heterocycles. The van der Waals surface area contributed by atoms with E-state index >= 15 is 0 Å². The summed E-state index contributed by atoms with van der Waals surface area (Å²) in [7, 11) is 1.85. The number of aryl methyl sites for hydroxylation is 1. The Kier molecular flexibility index (Phi) is 1.18. The van der Waals surface area contributed by atoms with E-state index in [-0.39, 0.29) is 5.95 Å². The highest BCUT2D eigenvalue weighted by Gasteiger charge is 2.13. The van der Waals surface area contributed by atoms with E-state index in [2.05, 4.69) is 15.0 Å². The van der Waals surface area contributed by atoms with E-state index in [4.69, 9.17) is 11.5 Å². The Hall–Kier alpha value is -1.85. The number of nitrogens with zero attached hydrogens (tertiary/aromatic N) is 3. The highest BCUT2D eigenvalue weighted by molar-refractivity contribution is 5.79. The molecule has 0 fully saturated rings. The highest BCUT2D eigenvalue weighted by atomic mass is 15.1. The zero-order valence-electron chi connectivity index (χ0n) is 6.57. The normalized spacial score (nSPS) is 10.8. The number of nitrogens with one attached hydrogen (secondary N) is 1. The molecule has 0 atom stereocenters. The zero-order valence-corrected chi connectivity index (χ0v) is 6.57. The number of nitrogen functional groups attached to an aromatic ring is 2. The fourth-order valence-corrected chi connectivity index (χ4v) is 1.10. The number of aromatic nitrogens is 4. The summed E-state index contributed by atoms with van der Waals surface area (Å²) in [5, 5.41) is 0. The molecule has 0 aliphatic heterocycles. The van der Waals surface area contributed by atoms with Crippen molar-refractivity contribution in [2.45, 2.75) is 0 Å². The minimum atomic E-state index is 0.190. The van der Waals surface area contributed by atoms with Gasteiger partial charge in [0.25, 0.3) is 5.95 Å². The van der Waals surface area contributed by atoms with Crippen LogP contribution in [0.25, 0.3) is 11.2 Å². The molecule has 6 nitrogen and oxygen atoms in total. The van der Waals surface area contributed by atoms with E-state index in [0.29, 0.717) is 17.0 Å². The number of hydrogen-bond acceptors (Lipinski definition) is 4. The first-order valence-electron chi connectivity index (χ1n) is 3.44. The van der Waals surface area contributed by atoms with Crippen LogP contribution in [0.3, 0.4) is 0 Å². The largest absolute Gasteiger partial charge is 0.380 e. The monoisotopic (exact) mass is 165 g/mol. The number of aromatic amines is 1. The molecule has 5 N–H and O–H groups in total. The molecule has 6 heteroatoms. The van der Waals surface area contributed by atoms with Crippen LogP contribution in [0.4, 0.5) is 11.8 Å². The van der Waals surface area contributed by atoms with E-state index in [1.807, 2.05) is 7.05 Å². The number of nitrogens with two attached hydrogens (primary N) is 2. The summed E-state index contributed by atoms with van der Waals surface area (Å²) in [4.78, 5) is 10.8. The van der Waals surface area contributed by atoms with Crippen LogP contribution in [0.1, 0.15) is 0 Å². The summed E-state index contributed by atoms with van der Waals surface area (Å²) >= 11 is 0. The molecule has 2 rings (SSSR count). The maximum Gasteiger partial charge on any atom is 0.309 e. The highest BCUT2D eigenvalue weighted by Crippen LogP contribution is 2.11. The minimum absolute atomic E-state index is 0.190. The third kappa shape index (κ3) is 0.777. The Morgan fingerprint density at radius 1 is 1.42 bits per heavy atom. The molecular formula is C6H9N6+. The first-order valence-corrected chi connectivity index (χ1v) is 3.44. The van der Waals surface area contributed by atoms with Crippen molar-refractivity contribution in [1.82, 2.24) is 15.0 Å². The Morgan fingerprint density at radius 2 is 2.17 bits per heavy atom. The van der Waals surface area contributed by atoms with E-state index < -0.39 is 0 Å². The lowest BCUT2D eigenvalue weighted by atomic mass is 10.5. The second-order valence-electron chi connectivity index (χ2n) is 2.55. The number of hydrogen-bond donors (Lipinski definition) is 3. The predicted octanol–water partition coefficient (Wildman–Crippen LogP) is -1.05. The van der Waals surface area contributed by atoms with Crippen LogP contribution in [0.2, 0.25) is 0 Å². The average Bonchev–Trinajstić information content (AvgIpc) is 2.33. The molecule has 0 aliphatic carbocycles. The van der Waals surface area contributed by atoms with Crippen molar-refractivity contribution in [1.29, 1.82) is 0 Å². The lowest BCUT2D eigenvalue weighted by Gasteiger charge is -1.90. The van der Waals surface area contributed by atoms with Gasteiger partial charge in [0.15, 0.2) is 12.1 Å². The van der Waals surface area contributed by atoms with E-state index in [9.17, 15) is 0 Å². The van der Waals surface area contributed by atoms with Gasteiger partial charge in [-0.25, -0.2) is 4.57 Å². The Bertz CT molecular complexity index is 431. The molecule has 0 saturated heterocycles. The predicted molar refractivity (Wildman–Crippen MR) is 43.9 cm³/mol. The molecule has 0 spiro atoms. The van der Waals surface area contributed by atoms with E-state index in [1.165, 1.54) is 0 Å². The maximum atomic E-state index is 5.59. The average molecular weight is 165 g/mol. The van der Waals surface area contributed by atoms with Gasteiger partial charge in [0.1, 0.15) is 0 Å². The van der Waals surface area contributed by atoms with Gasteiger partial charge in [0.2, 0.25) is 5.52 Å². The van der Waals surface area contributed by atoms with Crippen molar-refractivity contribution >= 4 is 22.9 Å². The van der Waals surface area contributed by atoms with Crippen LogP contribution in [-0.4, -0.2) is 15.0 Å². The summed E-state index contributed by atoms with van der Waals surface area (Å²) in [6.07, 6.45) is 1.75. The topological polar surface area (TPSA) is 97.5 Å².